The minimum Gasteiger partial charge on any atom is -0.389 e. The lowest BCUT2D eigenvalue weighted by Crippen LogP contribution is -2.24. The highest BCUT2D eigenvalue weighted by Gasteiger charge is 2.25. The number of nitrogens with zero attached hydrogens (tertiary/aromatic N) is 2. The zero-order valence-corrected chi connectivity index (χ0v) is 9.97. The first-order valence-corrected chi connectivity index (χ1v) is 5.98. The van der Waals surface area contributed by atoms with Gasteiger partial charge in [0.05, 0.1) is 31.1 Å². The van der Waals surface area contributed by atoms with E-state index in [0.717, 1.165) is 5.69 Å². The number of hydrogen-bond acceptors (Lipinski definition) is 3. The molecule has 1 saturated carbocycles. The first-order chi connectivity index (χ1) is 7.65. The number of aliphatic hydroxyl groups excluding tert-OH is 1. The maximum atomic E-state index is 9.73. The highest BCUT2D eigenvalue weighted by molar-refractivity contribution is 5.12. The van der Waals surface area contributed by atoms with Gasteiger partial charge >= 0.3 is 0 Å². The minimum absolute atomic E-state index is 0.161. The average molecular weight is 224 g/mol. The van der Waals surface area contributed by atoms with Crippen LogP contribution in [0.2, 0.25) is 0 Å². The topological polar surface area (TPSA) is 47.3 Å². The van der Waals surface area contributed by atoms with E-state index in [4.69, 9.17) is 4.74 Å². The number of aromatic nitrogens is 2. The van der Waals surface area contributed by atoms with Gasteiger partial charge in [-0.05, 0) is 32.8 Å². The lowest BCUT2D eigenvalue weighted by atomic mass is 10.3. The van der Waals surface area contributed by atoms with Gasteiger partial charge in [-0.3, -0.25) is 4.68 Å². The molecule has 0 amide bonds. The Kier molecular flexibility index (Phi) is 3.61. The first-order valence-electron chi connectivity index (χ1n) is 5.98. The molecule has 0 aliphatic heterocycles. The molecule has 1 unspecified atom stereocenters. The summed E-state index contributed by atoms with van der Waals surface area (Å²) in [7, 11) is 0. The van der Waals surface area contributed by atoms with Crippen LogP contribution >= 0.6 is 0 Å². The fourth-order valence-electron chi connectivity index (χ4n) is 1.65. The molecule has 0 aromatic carbocycles. The number of ether oxygens (including phenoxy) is 1. The maximum Gasteiger partial charge on any atom is 0.0969 e. The third-order valence-electron chi connectivity index (χ3n) is 2.68. The summed E-state index contributed by atoms with van der Waals surface area (Å²) < 4.78 is 7.16. The molecular formula is C12H20N2O2. The van der Waals surface area contributed by atoms with Crippen molar-refractivity contribution in [2.45, 2.75) is 51.4 Å². The van der Waals surface area contributed by atoms with E-state index in [2.05, 4.69) is 5.10 Å². The fraction of sp³-hybridized carbons (Fsp3) is 0.750. The van der Waals surface area contributed by atoms with Gasteiger partial charge in [-0.2, -0.15) is 5.10 Å². The molecule has 1 fully saturated rings. The molecule has 90 valence electrons. The van der Waals surface area contributed by atoms with Crippen LogP contribution in [-0.4, -0.2) is 33.7 Å². The second-order valence-corrected chi connectivity index (χ2v) is 4.77. The van der Waals surface area contributed by atoms with Gasteiger partial charge in [-0.1, -0.05) is 0 Å². The van der Waals surface area contributed by atoms with Crippen LogP contribution in [0.1, 0.15) is 38.3 Å². The van der Waals surface area contributed by atoms with Gasteiger partial charge in [-0.25, -0.2) is 0 Å². The van der Waals surface area contributed by atoms with Crippen LogP contribution in [0.25, 0.3) is 0 Å². The monoisotopic (exact) mass is 224 g/mol. The molecule has 0 bridgehead atoms. The Morgan fingerprint density at radius 2 is 2.31 bits per heavy atom. The van der Waals surface area contributed by atoms with Gasteiger partial charge in [0.1, 0.15) is 0 Å². The fourth-order valence-corrected chi connectivity index (χ4v) is 1.65. The molecule has 2 rings (SSSR count). The molecule has 1 aliphatic rings. The van der Waals surface area contributed by atoms with Crippen molar-refractivity contribution in [3.05, 3.63) is 18.0 Å². The van der Waals surface area contributed by atoms with Crippen molar-refractivity contribution in [3.8, 4) is 0 Å². The molecular weight excluding hydrogens is 204 g/mol. The molecule has 0 radical (unpaired) electrons. The van der Waals surface area contributed by atoms with Crippen LogP contribution in [0.4, 0.5) is 0 Å². The van der Waals surface area contributed by atoms with E-state index in [1.54, 1.807) is 0 Å². The Morgan fingerprint density at radius 1 is 1.56 bits per heavy atom. The van der Waals surface area contributed by atoms with Crippen molar-refractivity contribution in [1.82, 2.24) is 9.78 Å². The second-order valence-electron chi connectivity index (χ2n) is 4.77. The Bertz CT molecular complexity index is 332. The Hall–Kier alpha value is -0.870. The van der Waals surface area contributed by atoms with Crippen molar-refractivity contribution in [2.24, 2.45) is 0 Å². The average Bonchev–Trinajstić information content (AvgIpc) is 2.98. The predicted octanol–water partition coefficient (Wildman–Crippen LogP) is 1.55. The standard InChI is InChI=1S/C12H20N2O2/c1-9(2)16-8-11(15)7-14-6-5-12(13-14)10-3-4-10/h5-6,9-11,15H,3-4,7-8H2,1-2H3. The van der Waals surface area contributed by atoms with E-state index >= 15 is 0 Å². The third-order valence-corrected chi connectivity index (χ3v) is 2.68. The zero-order valence-electron chi connectivity index (χ0n) is 9.97. The molecule has 1 aliphatic carbocycles. The molecule has 4 heteroatoms. The molecule has 0 spiro atoms. The third kappa shape index (κ3) is 3.32. The van der Waals surface area contributed by atoms with E-state index in [-0.39, 0.29) is 6.10 Å². The molecule has 1 N–H and O–H groups in total. The van der Waals surface area contributed by atoms with Crippen molar-refractivity contribution in [1.29, 1.82) is 0 Å². The van der Waals surface area contributed by atoms with Crippen LogP contribution in [0.15, 0.2) is 12.3 Å². The summed E-state index contributed by atoms with van der Waals surface area (Å²) >= 11 is 0. The smallest absolute Gasteiger partial charge is 0.0969 e. The van der Waals surface area contributed by atoms with Crippen LogP contribution in [0, 0.1) is 0 Å². The van der Waals surface area contributed by atoms with Crippen molar-refractivity contribution >= 4 is 0 Å². The molecule has 1 atom stereocenters. The summed E-state index contributed by atoms with van der Waals surface area (Å²) in [6, 6.07) is 2.05. The summed E-state index contributed by atoms with van der Waals surface area (Å²) in [4.78, 5) is 0. The van der Waals surface area contributed by atoms with E-state index in [1.807, 2.05) is 30.8 Å². The van der Waals surface area contributed by atoms with Gasteiger partial charge in [-0.15, -0.1) is 0 Å². The van der Waals surface area contributed by atoms with E-state index in [1.165, 1.54) is 12.8 Å². The minimum atomic E-state index is -0.477. The van der Waals surface area contributed by atoms with E-state index in [0.29, 0.717) is 19.1 Å². The Morgan fingerprint density at radius 3 is 2.94 bits per heavy atom. The largest absolute Gasteiger partial charge is 0.389 e. The molecule has 4 nitrogen and oxygen atoms in total. The Labute approximate surface area is 96.2 Å². The van der Waals surface area contributed by atoms with E-state index in [9.17, 15) is 5.11 Å². The van der Waals surface area contributed by atoms with Gasteiger partial charge in [0.2, 0.25) is 0 Å². The molecule has 16 heavy (non-hydrogen) atoms. The van der Waals surface area contributed by atoms with Crippen LogP contribution in [0.3, 0.4) is 0 Å². The maximum absolute atomic E-state index is 9.73. The summed E-state index contributed by atoms with van der Waals surface area (Å²) in [5.41, 5.74) is 1.16. The van der Waals surface area contributed by atoms with Gasteiger partial charge < -0.3 is 9.84 Å². The second kappa shape index (κ2) is 4.97. The van der Waals surface area contributed by atoms with Gasteiger partial charge in [0, 0.05) is 12.1 Å². The number of rotatable bonds is 6. The molecule has 1 aromatic heterocycles. The summed E-state index contributed by atoms with van der Waals surface area (Å²) in [6.45, 7) is 4.81. The lowest BCUT2D eigenvalue weighted by molar-refractivity contribution is -0.00205. The normalized spacial score (nSPS) is 18.0. The first kappa shape index (κ1) is 11.6. The molecule has 0 saturated heterocycles. The van der Waals surface area contributed by atoms with Crippen LogP contribution in [0.5, 0.6) is 0 Å². The van der Waals surface area contributed by atoms with Gasteiger partial charge in [0.25, 0.3) is 0 Å². The SMILES string of the molecule is CC(C)OCC(O)Cn1ccc(C2CC2)n1. The predicted molar refractivity (Wildman–Crippen MR) is 61.3 cm³/mol. The highest BCUT2D eigenvalue weighted by atomic mass is 16.5. The Balaban J connectivity index is 1.78. The van der Waals surface area contributed by atoms with Crippen LogP contribution in [-0.2, 0) is 11.3 Å². The van der Waals surface area contributed by atoms with Gasteiger partial charge in [0.15, 0.2) is 0 Å². The summed E-state index contributed by atoms with van der Waals surface area (Å²) in [5, 5.41) is 14.2. The van der Waals surface area contributed by atoms with Crippen molar-refractivity contribution in [3.63, 3.8) is 0 Å². The number of aliphatic hydroxyl groups is 1. The zero-order chi connectivity index (χ0) is 11.5. The lowest BCUT2D eigenvalue weighted by Gasteiger charge is -2.13. The summed E-state index contributed by atoms with van der Waals surface area (Å²) in [6.07, 6.45) is 4.14. The van der Waals surface area contributed by atoms with E-state index < -0.39 is 6.10 Å². The number of hydrogen-bond donors (Lipinski definition) is 1. The molecule has 1 aromatic rings. The van der Waals surface area contributed by atoms with Crippen molar-refractivity contribution in [2.75, 3.05) is 6.61 Å². The summed E-state index contributed by atoms with van der Waals surface area (Å²) in [5.74, 6) is 0.672. The van der Waals surface area contributed by atoms with Crippen LogP contribution < -0.4 is 0 Å². The van der Waals surface area contributed by atoms with Crippen molar-refractivity contribution < 1.29 is 9.84 Å². The quantitative estimate of drug-likeness (QED) is 0.797. The molecule has 1 heterocycles. The highest BCUT2D eigenvalue weighted by Crippen LogP contribution is 2.38.